The molecule has 0 amide bonds. The molecule has 0 aliphatic carbocycles. The molecular weight excluding hydrogens is 224 g/mol. The third-order valence-electron chi connectivity index (χ3n) is 4.13. The van der Waals surface area contributed by atoms with E-state index in [9.17, 15) is 5.11 Å². The van der Waals surface area contributed by atoms with Crippen molar-refractivity contribution in [3.63, 3.8) is 0 Å². The van der Waals surface area contributed by atoms with Crippen LogP contribution in [0.4, 0.5) is 0 Å². The largest absolute Gasteiger partial charge is 0.384 e. The Morgan fingerprint density at radius 2 is 2.00 bits per heavy atom. The number of piperidine rings is 1. The maximum Gasteiger partial charge on any atom is 0.101 e. The summed E-state index contributed by atoms with van der Waals surface area (Å²) >= 11 is 0. The Hall–Kier alpha value is -0.670. The zero-order valence-corrected chi connectivity index (χ0v) is 12.1. The zero-order chi connectivity index (χ0) is 13.3. The molecule has 0 spiro atoms. The van der Waals surface area contributed by atoms with E-state index in [1.54, 1.807) is 0 Å². The van der Waals surface area contributed by atoms with Gasteiger partial charge in [0.1, 0.15) is 5.60 Å². The topological polar surface area (TPSA) is 44.6 Å². The Labute approximate surface area is 110 Å². The van der Waals surface area contributed by atoms with E-state index in [1.165, 1.54) is 24.1 Å². The molecule has 2 heterocycles. The predicted molar refractivity (Wildman–Crippen MR) is 75.9 cm³/mol. The average Bonchev–Trinajstić information content (AvgIpc) is 2.29. The first-order valence-electron chi connectivity index (χ1n) is 7.11. The Balaban J connectivity index is 2.15. The summed E-state index contributed by atoms with van der Waals surface area (Å²) in [6, 6.07) is 0.636. The number of aliphatic hydroxyl groups is 1. The van der Waals surface area contributed by atoms with E-state index in [-0.39, 0.29) is 0 Å². The monoisotopic (exact) mass is 250 g/mol. The van der Waals surface area contributed by atoms with Crippen molar-refractivity contribution in [3.8, 4) is 0 Å². The Morgan fingerprint density at radius 1 is 1.28 bits per heavy atom. The van der Waals surface area contributed by atoms with Gasteiger partial charge in [-0.15, -0.1) is 0 Å². The molecule has 0 unspecified atom stereocenters. The summed E-state index contributed by atoms with van der Waals surface area (Å²) in [5.74, 6) is 0.562. The van der Waals surface area contributed by atoms with Gasteiger partial charge in [0.25, 0.3) is 0 Å². The van der Waals surface area contributed by atoms with Gasteiger partial charge in [0.05, 0.1) is 5.70 Å². The number of hydrogen-bond acceptors (Lipinski definition) is 3. The van der Waals surface area contributed by atoms with Crippen LogP contribution in [0.25, 0.3) is 0 Å². The lowest BCUT2D eigenvalue weighted by molar-refractivity contribution is 0.116. The molecule has 3 nitrogen and oxygen atoms in total. The van der Waals surface area contributed by atoms with Crippen LogP contribution in [0.1, 0.15) is 53.4 Å². The first-order chi connectivity index (χ1) is 8.38. The number of aliphatic imine (C=N–C) groups is 1. The molecule has 2 aliphatic rings. The van der Waals surface area contributed by atoms with Crippen molar-refractivity contribution >= 4 is 5.71 Å². The normalized spacial score (nSPS) is 30.4. The molecule has 0 radical (unpaired) electrons. The quantitative estimate of drug-likeness (QED) is 0.791. The van der Waals surface area contributed by atoms with E-state index < -0.39 is 5.60 Å². The van der Waals surface area contributed by atoms with Crippen molar-refractivity contribution in [2.24, 2.45) is 10.9 Å². The second-order valence-electron chi connectivity index (χ2n) is 6.37. The number of nitrogens with zero attached hydrogens (tertiary/aromatic N) is 1. The van der Waals surface area contributed by atoms with Crippen molar-refractivity contribution in [1.82, 2.24) is 5.32 Å². The summed E-state index contributed by atoms with van der Waals surface area (Å²) in [7, 11) is 0. The number of hydrogen-bond donors (Lipinski definition) is 2. The van der Waals surface area contributed by atoms with Crippen molar-refractivity contribution < 1.29 is 5.11 Å². The van der Waals surface area contributed by atoms with Crippen LogP contribution in [0.5, 0.6) is 0 Å². The van der Waals surface area contributed by atoms with E-state index in [4.69, 9.17) is 4.99 Å². The minimum absolute atomic E-state index is 0.562. The van der Waals surface area contributed by atoms with E-state index in [0.717, 1.165) is 25.1 Å². The third kappa shape index (κ3) is 3.01. The first-order valence-corrected chi connectivity index (χ1v) is 7.11. The van der Waals surface area contributed by atoms with Gasteiger partial charge in [-0.1, -0.05) is 0 Å². The summed E-state index contributed by atoms with van der Waals surface area (Å²) in [6.45, 7) is 9.04. The molecule has 2 N–H and O–H groups in total. The van der Waals surface area contributed by atoms with Crippen LogP contribution < -0.4 is 5.32 Å². The molecular formula is C15H26N2O. The number of nitrogens with one attached hydrogen (secondary N) is 1. The van der Waals surface area contributed by atoms with Crippen molar-refractivity contribution in [3.05, 3.63) is 11.3 Å². The van der Waals surface area contributed by atoms with Gasteiger partial charge in [-0.2, -0.15) is 0 Å². The molecule has 2 rings (SSSR count). The molecule has 3 heteroatoms. The Morgan fingerprint density at radius 3 is 2.56 bits per heavy atom. The zero-order valence-electron chi connectivity index (χ0n) is 12.1. The van der Waals surface area contributed by atoms with Gasteiger partial charge >= 0.3 is 0 Å². The number of allylic oxidation sites excluding steroid dienone is 1. The molecule has 0 saturated carbocycles. The van der Waals surface area contributed by atoms with E-state index >= 15 is 0 Å². The summed E-state index contributed by atoms with van der Waals surface area (Å²) in [4.78, 5) is 4.79. The molecule has 0 aromatic heterocycles. The molecule has 0 bridgehead atoms. The lowest BCUT2D eigenvalue weighted by Gasteiger charge is -2.32. The third-order valence-corrected chi connectivity index (χ3v) is 4.13. The fraction of sp³-hybridized carbons (Fsp3) is 0.800. The summed E-state index contributed by atoms with van der Waals surface area (Å²) < 4.78 is 0. The van der Waals surface area contributed by atoms with Crippen LogP contribution >= 0.6 is 0 Å². The van der Waals surface area contributed by atoms with Crippen LogP contribution in [-0.2, 0) is 0 Å². The predicted octanol–water partition coefficient (Wildman–Crippen LogP) is 2.65. The van der Waals surface area contributed by atoms with Gasteiger partial charge in [0, 0.05) is 24.2 Å². The van der Waals surface area contributed by atoms with Gasteiger partial charge in [-0.3, -0.25) is 4.99 Å². The highest BCUT2D eigenvalue weighted by Gasteiger charge is 2.29. The van der Waals surface area contributed by atoms with E-state index in [0.29, 0.717) is 12.0 Å². The van der Waals surface area contributed by atoms with Gasteiger partial charge in [0.2, 0.25) is 0 Å². The number of rotatable bonds is 2. The van der Waals surface area contributed by atoms with Crippen LogP contribution in [0.2, 0.25) is 0 Å². The highest BCUT2D eigenvalue weighted by Crippen LogP contribution is 2.31. The Bertz CT molecular complexity index is 368. The molecule has 2 aliphatic heterocycles. The molecule has 1 fully saturated rings. The fourth-order valence-electron chi connectivity index (χ4n) is 2.97. The molecule has 18 heavy (non-hydrogen) atoms. The molecule has 102 valence electrons. The van der Waals surface area contributed by atoms with Crippen LogP contribution in [0.15, 0.2) is 16.3 Å². The fourth-order valence-corrected chi connectivity index (χ4v) is 2.97. The van der Waals surface area contributed by atoms with Crippen molar-refractivity contribution in [1.29, 1.82) is 0 Å². The average molecular weight is 250 g/mol. The molecule has 0 aromatic carbocycles. The minimum atomic E-state index is -0.814. The SMILES string of the molecule is CC1=C(C(C)(C)O)N=C([C@@H]2CC[C@@H](C)NC2)CC1. The standard InChI is InChI=1S/C15H26N2O/c1-10-5-8-13(17-14(10)15(3,4)18)12-7-6-11(2)16-9-12/h11-12,16,18H,5-9H2,1-4H3/t11-,12-/m1/s1. The maximum atomic E-state index is 10.2. The van der Waals surface area contributed by atoms with E-state index in [1.807, 2.05) is 13.8 Å². The molecule has 1 saturated heterocycles. The van der Waals surface area contributed by atoms with Crippen molar-refractivity contribution in [2.75, 3.05) is 6.54 Å². The van der Waals surface area contributed by atoms with Crippen molar-refractivity contribution in [2.45, 2.75) is 65.0 Å². The van der Waals surface area contributed by atoms with Gasteiger partial charge in [0.15, 0.2) is 0 Å². The lowest BCUT2D eigenvalue weighted by atomic mass is 9.85. The maximum absolute atomic E-state index is 10.2. The van der Waals surface area contributed by atoms with Gasteiger partial charge < -0.3 is 10.4 Å². The van der Waals surface area contributed by atoms with Gasteiger partial charge in [-0.25, -0.2) is 0 Å². The van der Waals surface area contributed by atoms with Crippen LogP contribution in [-0.4, -0.2) is 29.0 Å². The molecule has 0 aromatic rings. The summed E-state index contributed by atoms with van der Waals surface area (Å²) in [5.41, 5.74) is 2.60. The second-order valence-corrected chi connectivity index (χ2v) is 6.37. The smallest absolute Gasteiger partial charge is 0.101 e. The second kappa shape index (κ2) is 5.14. The highest BCUT2D eigenvalue weighted by molar-refractivity contribution is 5.89. The minimum Gasteiger partial charge on any atom is -0.384 e. The first kappa shape index (κ1) is 13.8. The summed E-state index contributed by atoms with van der Waals surface area (Å²) in [5, 5.41) is 13.7. The molecule has 2 atom stereocenters. The lowest BCUT2D eigenvalue weighted by Crippen LogP contribution is -2.40. The Kier molecular flexibility index (Phi) is 3.93. The highest BCUT2D eigenvalue weighted by atomic mass is 16.3. The van der Waals surface area contributed by atoms with Gasteiger partial charge in [-0.05, 0) is 59.0 Å². The van der Waals surface area contributed by atoms with Crippen LogP contribution in [0, 0.1) is 5.92 Å². The van der Waals surface area contributed by atoms with Crippen LogP contribution in [0.3, 0.4) is 0 Å². The van der Waals surface area contributed by atoms with E-state index in [2.05, 4.69) is 19.2 Å². The summed E-state index contributed by atoms with van der Waals surface area (Å²) in [6.07, 6.45) is 4.56.